The summed E-state index contributed by atoms with van der Waals surface area (Å²) in [5, 5.41) is 0. The largest absolute Gasteiger partial charge is 0.377 e. The van der Waals surface area contributed by atoms with Gasteiger partial charge in [-0.3, -0.25) is 0 Å². The number of rotatable bonds is 6. The summed E-state index contributed by atoms with van der Waals surface area (Å²) in [6.07, 6.45) is 4.77. The first-order valence-corrected chi connectivity index (χ1v) is 3.96. The van der Waals surface area contributed by atoms with Gasteiger partial charge in [0.15, 0.2) is 0 Å². The monoisotopic (exact) mass is 155 g/mol. The zero-order valence-corrected chi connectivity index (χ0v) is 7.42. The molecule has 0 bridgehead atoms. The van der Waals surface area contributed by atoms with Gasteiger partial charge in [-0.1, -0.05) is 13.0 Å². The highest BCUT2D eigenvalue weighted by molar-refractivity contribution is 5.60. The van der Waals surface area contributed by atoms with Crippen molar-refractivity contribution < 1.29 is 4.74 Å². The van der Waals surface area contributed by atoms with Crippen LogP contribution in [0.25, 0.3) is 0 Å². The lowest BCUT2D eigenvalue weighted by Gasteiger charge is -2.07. The van der Waals surface area contributed by atoms with Crippen molar-refractivity contribution in [3.05, 3.63) is 12.7 Å². The van der Waals surface area contributed by atoms with Gasteiger partial charge < -0.3 is 9.73 Å². The van der Waals surface area contributed by atoms with Crippen molar-refractivity contribution in [1.82, 2.24) is 0 Å². The lowest BCUT2D eigenvalue weighted by atomic mass is 10.1. The van der Waals surface area contributed by atoms with Gasteiger partial charge in [-0.2, -0.15) is 0 Å². The highest BCUT2D eigenvalue weighted by Crippen LogP contribution is 1.99. The third-order valence-corrected chi connectivity index (χ3v) is 1.45. The molecule has 0 N–H and O–H groups in total. The molecule has 0 aromatic heterocycles. The van der Waals surface area contributed by atoms with E-state index in [4.69, 9.17) is 4.74 Å². The van der Waals surface area contributed by atoms with Crippen LogP contribution < -0.4 is 0 Å². The molecule has 0 heterocycles. The maximum absolute atomic E-state index is 5.28. The van der Waals surface area contributed by atoms with Gasteiger partial charge in [0.25, 0.3) is 0 Å². The van der Waals surface area contributed by atoms with E-state index in [0.717, 1.165) is 13.0 Å². The Morgan fingerprint density at radius 2 is 2.36 bits per heavy atom. The van der Waals surface area contributed by atoms with Crippen molar-refractivity contribution in [1.29, 1.82) is 0 Å². The summed E-state index contributed by atoms with van der Waals surface area (Å²) < 4.78 is 5.28. The van der Waals surface area contributed by atoms with Crippen LogP contribution in [0.5, 0.6) is 0 Å². The van der Waals surface area contributed by atoms with E-state index in [1.54, 1.807) is 13.1 Å². The van der Waals surface area contributed by atoms with E-state index in [0.29, 0.717) is 12.5 Å². The second-order valence-electron chi connectivity index (χ2n) is 2.40. The average Bonchev–Trinajstić information content (AvgIpc) is 2.03. The Bertz CT molecular complexity index is 121. The molecular formula is C9H17NO. The van der Waals surface area contributed by atoms with Crippen LogP contribution in [0.3, 0.4) is 0 Å². The summed E-state index contributed by atoms with van der Waals surface area (Å²) in [4.78, 5) is 3.95. The van der Waals surface area contributed by atoms with E-state index in [-0.39, 0.29) is 0 Å². The Kier molecular flexibility index (Phi) is 7.05. The molecule has 11 heavy (non-hydrogen) atoms. The van der Waals surface area contributed by atoms with Crippen LogP contribution in [0.4, 0.5) is 0 Å². The fourth-order valence-electron chi connectivity index (χ4n) is 0.780. The molecule has 64 valence electrons. The zero-order chi connectivity index (χ0) is 8.53. The third kappa shape index (κ3) is 5.80. The summed E-state index contributed by atoms with van der Waals surface area (Å²) in [7, 11) is 1.79. The highest BCUT2D eigenvalue weighted by atomic mass is 16.5. The van der Waals surface area contributed by atoms with Gasteiger partial charge in [0.2, 0.25) is 0 Å². The summed E-state index contributed by atoms with van der Waals surface area (Å²) in [5.74, 6) is 0.458. The third-order valence-electron chi connectivity index (χ3n) is 1.45. The number of aliphatic imine (C=N–C) groups is 1. The first-order chi connectivity index (χ1) is 5.35. The molecule has 0 saturated carbocycles. The van der Waals surface area contributed by atoms with Gasteiger partial charge >= 0.3 is 0 Å². The molecule has 0 saturated heterocycles. The number of nitrogens with zero attached hydrogens (tertiary/aromatic N) is 1. The van der Waals surface area contributed by atoms with Crippen molar-refractivity contribution >= 4 is 6.21 Å². The smallest absolute Gasteiger partial charge is 0.0645 e. The molecule has 0 spiro atoms. The second kappa shape index (κ2) is 7.48. The van der Waals surface area contributed by atoms with Crippen LogP contribution in [0, 0.1) is 5.92 Å². The molecule has 0 aromatic carbocycles. The van der Waals surface area contributed by atoms with Crippen molar-refractivity contribution in [2.45, 2.75) is 13.3 Å². The fraction of sp³-hybridized carbons (Fsp3) is 0.667. The van der Waals surface area contributed by atoms with Gasteiger partial charge in [0.1, 0.15) is 0 Å². The lowest BCUT2D eigenvalue weighted by Crippen LogP contribution is -2.09. The predicted molar refractivity (Wildman–Crippen MR) is 49.2 cm³/mol. The maximum Gasteiger partial charge on any atom is 0.0645 e. The molecule has 0 aliphatic carbocycles. The van der Waals surface area contributed by atoms with Crippen molar-refractivity contribution in [3.63, 3.8) is 0 Å². The fourth-order valence-corrected chi connectivity index (χ4v) is 0.780. The van der Waals surface area contributed by atoms with E-state index >= 15 is 0 Å². The van der Waals surface area contributed by atoms with Crippen LogP contribution in [-0.4, -0.2) is 26.5 Å². The van der Waals surface area contributed by atoms with Crippen LogP contribution >= 0.6 is 0 Å². The van der Waals surface area contributed by atoms with E-state index in [2.05, 4.69) is 18.5 Å². The molecule has 2 nitrogen and oxygen atoms in total. The molecule has 0 fully saturated rings. The Labute approximate surface area is 69.0 Å². The molecule has 2 heteroatoms. The van der Waals surface area contributed by atoms with E-state index in [1.165, 1.54) is 0 Å². The summed E-state index contributed by atoms with van der Waals surface area (Å²) in [6, 6.07) is 0. The minimum atomic E-state index is 0.458. The van der Waals surface area contributed by atoms with Gasteiger partial charge in [0, 0.05) is 19.2 Å². The molecule has 1 unspecified atom stereocenters. The predicted octanol–water partition coefficient (Wildman–Crippen LogP) is 1.92. The Hall–Kier alpha value is -0.630. The van der Waals surface area contributed by atoms with Gasteiger partial charge in [-0.15, -0.1) is 6.58 Å². The topological polar surface area (TPSA) is 21.6 Å². The highest BCUT2D eigenvalue weighted by Gasteiger charge is 2.00. The lowest BCUT2D eigenvalue weighted by molar-refractivity contribution is 0.143. The minimum absolute atomic E-state index is 0.458. The SMILES string of the molecule is C=CCOCC(/C=N/C)CC. The average molecular weight is 155 g/mol. The van der Waals surface area contributed by atoms with E-state index in [1.807, 2.05) is 6.21 Å². The Morgan fingerprint density at radius 1 is 1.64 bits per heavy atom. The summed E-state index contributed by atoms with van der Waals surface area (Å²) in [5.41, 5.74) is 0. The number of hydrogen-bond donors (Lipinski definition) is 0. The standard InChI is InChI=1S/C9H17NO/c1-4-6-11-8-9(5-2)7-10-3/h4,7,9H,1,5-6,8H2,2-3H3/b10-7+. The molecule has 0 rings (SSSR count). The maximum atomic E-state index is 5.28. The normalized spacial score (nSPS) is 13.6. The van der Waals surface area contributed by atoms with Crippen LogP contribution in [0.2, 0.25) is 0 Å². The molecule has 1 atom stereocenters. The molecule has 0 aromatic rings. The quantitative estimate of drug-likeness (QED) is 0.326. The van der Waals surface area contributed by atoms with Crippen molar-refractivity contribution in [3.8, 4) is 0 Å². The van der Waals surface area contributed by atoms with Crippen LogP contribution in [0.15, 0.2) is 17.6 Å². The first kappa shape index (κ1) is 10.4. The minimum Gasteiger partial charge on any atom is -0.377 e. The summed E-state index contributed by atoms with van der Waals surface area (Å²) in [6.45, 7) is 7.08. The van der Waals surface area contributed by atoms with Crippen LogP contribution in [-0.2, 0) is 4.74 Å². The van der Waals surface area contributed by atoms with Crippen LogP contribution in [0.1, 0.15) is 13.3 Å². The first-order valence-electron chi connectivity index (χ1n) is 3.96. The summed E-state index contributed by atoms with van der Waals surface area (Å²) >= 11 is 0. The molecule has 0 radical (unpaired) electrons. The van der Waals surface area contributed by atoms with E-state index in [9.17, 15) is 0 Å². The van der Waals surface area contributed by atoms with Crippen molar-refractivity contribution in [2.24, 2.45) is 10.9 Å². The Morgan fingerprint density at radius 3 is 2.82 bits per heavy atom. The molecule has 0 aliphatic rings. The number of ether oxygens (including phenoxy) is 1. The molecule has 0 aliphatic heterocycles. The zero-order valence-electron chi connectivity index (χ0n) is 7.42. The van der Waals surface area contributed by atoms with Gasteiger partial charge in [-0.05, 0) is 6.42 Å². The molecule has 0 amide bonds. The number of hydrogen-bond acceptors (Lipinski definition) is 2. The Balaban J connectivity index is 3.43. The van der Waals surface area contributed by atoms with Gasteiger partial charge in [-0.25, -0.2) is 0 Å². The van der Waals surface area contributed by atoms with E-state index < -0.39 is 0 Å². The molecular weight excluding hydrogens is 138 g/mol. The second-order valence-corrected chi connectivity index (χ2v) is 2.40. The van der Waals surface area contributed by atoms with Gasteiger partial charge in [0.05, 0.1) is 13.2 Å². The van der Waals surface area contributed by atoms with Crippen molar-refractivity contribution in [2.75, 3.05) is 20.3 Å².